The number of methoxy groups -OCH3 is 1. The van der Waals surface area contributed by atoms with Crippen molar-refractivity contribution in [3.05, 3.63) is 58.8 Å². The number of ether oxygens (including phenoxy) is 2. The van der Waals surface area contributed by atoms with Gasteiger partial charge in [0.05, 0.1) is 12.8 Å². The summed E-state index contributed by atoms with van der Waals surface area (Å²) in [7, 11) is 1.75. The van der Waals surface area contributed by atoms with E-state index in [-0.39, 0.29) is 11.5 Å². The number of nitrogens with one attached hydrogen (secondary N) is 2. The van der Waals surface area contributed by atoms with Crippen molar-refractivity contribution in [2.45, 2.75) is 36.8 Å². The average Bonchev–Trinajstić information content (AvgIpc) is 3.22. The number of fused-ring (bicyclic) bond motifs is 4. The van der Waals surface area contributed by atoms with Crippen LogP contribution in [0.5, 0.6) is 11.5 Å². The number of H-pyrrole nitrogens is 1. The molecule has 2 aliphatic heterocycles. The Morgan fingerprint density at radius 2 is 2.07 bits per heavy atom. The van der Waals surface area contributed by atoms with E-state index in [0.717, 1.165) is 37.3 Å². The Kier molecular flexibility index (Phi) is 2.53. The number of hydrogen-bond donors (Lipinski definition) is 2. The Hall–Kier alpha value is -2.46. The molecule has 2 N–H and O–H groups in total. The van der Waals surface area contributed by atoms with Crippen LogP contribution in [0.1, 0.15) is 34.9 Å². The van der Waals surface area contributed by atoms with Crippen molar-refractivity contribution in [3.8, 4) is 11.5 Å². The zero-order chi connectivity index (χ0) is 17.8. The van der Waals surface area contributed by atoms with Crippen LogP contribution in [0.15, 0.2) is 36.4 Å². The van der Waals surface area contributed by atoms with E-state index >= 15 is 0 Å². The Labute approximate surface area is 157 Å². The molecule has 7 rings (SSSR count). The van der Waals surface area contributed by atoms with Crippen molar-refractivity contribution in [2.75, 3.05) is 13.7 Å². The fourth-order valence-corrected chi connectivity index (χ4v) is 6.68. The van der Waals surface area contributed by atoms with E-state index in [1.807, 2.05) is 0 Å². The Balaban J connectivity index is 1.57. The third-order valence-electron chi connectivity index (χ3n) is 7.66. The Morgan fingerprint density at radius 1 is 1.15 bits per heavy atom. The highest BCUT2D eigenvalue weighted by atomic mass is 16.5. The Morgan fingerprint density at radius 3 is 3.00 bits per heavy atom. The fourth-order valence-electron chi connectivity index (χ4n) is 6.68. The molecule has 2 aromatic carbocycles. The number of aromatic amines is 1. The number of benzene rings is 2. The van der Waals surface area contributed by atoms with Gasteiger partial charge in [-0.3, -0.25) is 0 Å². The molecule has 4 aliphatic rings. The van der Waals surface area contributed by atoms with Crippen LogP contribution < -0.4 is 14.8 Å². The monoisotopic (exact) mass is 358 g/mol. The second-order valence-corrected chi connectivity index (χ2v) is 8.56. The standard InChI is InChI=1S/C23H22N2O2/c1-26-18-7-6-12-10-17-15-11-14-13-4-2-3-5-16(13)25-20(14)22-23(15,8-9-24-17)19(12)21(18)27-22/h2-7,15,17,22,24-25H,8-11H2,1H3/t15-,17+,22-,23-/m0/s1. The van der Waals surface area contributed by atoms with Crippen molar-refractivity contribution in [3.63, 3.8) is 0 Å². The number of piperidine rings is 1. The summed E-state index contributed by atoms with van der Waals surface area (Å²) < 4.78 is 12.5. The number of aromatic nitrogens is 1. The molecule has 1 saturated heterocycles. The van der Waals surface area contributed by atoms with E-state index in [4.69, 9.17) is 9.47 Å². The van der Waals surface area contributed by atoms with Crippen LogP contribution in [0.2, 0.25) is 0 Å². The summed E-state index contributed by atoms with van der Waals surface area (Å²) in [6, 6.07) is 13.6. The summed E-state index contributed by atoms with van der Waals surface area (Å²) in [6.45, 7) is 1.06. The summed E-state index contributed by atoms with van der Waals surface area (Å²) in [5, 5.41) is 5.19. The normalized spacial score (nSPS) is 32.0. The van der Waals surface area contributed by atoms with Gasteiger partial charge in [-0.2, -0.15) is 0 Å². The first-order valence-electron chi connectivity index (χ1n) is 10.0. The van der Waals surface area contributed by atoms with Gasteiger partial charge in [0.15, 0.2) is 11.5 Å². The maximum Gasteiger partial charge on any atom is 0.166 e. The van der Waals surface area contributed by atoms with Crippen LogP contribution in [-0.2, 0) is 18.3 Å². The molecule has 27 heavy (non-hydrogen) atoms. The van der Waals surface area contributed by atoms with E-state index in [2.05, 4.69) is 46.7 Å². The van der Waals surface area contributed by atoms with Crippen molar-refractivity contribution < 1.29 is 9.47 Å². The van der Waals surface area contributed by atoms with E-state index in [1.165, 1.54) is 33.3 Å². The summed E-state index contributed by atoms with van der Waals surface area (Å²) in [6.07, 6.45) is 3.40. The molecule has 0 radical (unpaired) electrons. The maximum atomic E-state index is 6.77. The zero-order valence-electron chi connectivity index (χ0n) is 15.3. The quantitative estimate of drug-likeness (QED) is 0.698. The van der Waals surface area contributed by atoms with Gasteiger partial charge in [0.2, 0.25) is 0 Å². The van der Waals surface area contributed by atoms with Crippen molar-refractivity contribution in [1.82, 2.24) is 10.3 Å². The number of para-hydroxylation sites is 1. The van der Waals surface area contributed by atoms with Crippen molar-refractivity contribution >= 4 is 10.9 Å². The lowest BCUT2D eigenvalue weighted by Gasteiger charge is -2.54. The molecule has 3 heterocycles. The maximum absolute atomic E-state index is 6.77. The van der Waals surface area contributed by atoms with Gasteiger partial charge in [-0.1, -0.05) is 24.3 Å². The van der Waals surface area contributed by atoms with Crippen LogP contribution in [0, 0.1) is 5.92 Å². The molecule has 0 saturated carbocycles. The van der Waals surface area contributed by atoms with Crippen LogP contribution in [0.3, 0.4) is 0 Å². The van der Waals surface area contributed by atoms with Gasteiger partial charge in [-0.15, -0.1) is 0 Å². The third-order valence-corrected chi connectivity index (χ3v) is 7.66. The fraction of sp³-hybridized carbons (Fsp3) is 0.391. The lowest BCUT2D eigenvalue weighted by molar-refractivity contribution is 0.0261. The highest BCUT2D eigenvalue weighted by Crippen LogP contribution is 2.66. The lowest BCUT2D eigenvalue weighted by Crippen LogP contribution is -2.61. The third kappa shape index (κ3) is 1.53. The summed E-state index contributed by atoms with van der Waals surface area (Å²) in [4.78, 5) is 3.74. The highest BCUT2D eigenvalue weighted by molar-refractivity contribution is 5.86. The summed E-state index contributed by atoms with van der Waals surface area (Å²) >= 11 is 0. The van der Waals surface area contributed by atoms with Gasteiger partial charge >= 0.3 is 0 Å². The largest absolute Gasteiger partial charge is 0.493 e. The molecule has 1 fully saturated rings. The first-order valence-corrected chi connectivity index (χ1v) is 10.0. The number of hydrogen-bond acceptors (Lipinski definition) is 3. The lowest BCUT2D eigenvalue weighted by atomic mass is 9.52. The molecule has 2 bridgehead atoms. The summed E-state index contributed by atoms with van der Waals surface area (Å²) in [5.74, 6) is 2.45. The van der Waals surface area contributed by atoms with Crippen LogP contribution in [0.25, 0.3) is 10.9 Å². The van der Waals surface area contributed by atoms with E-state index in [0.29, 0.717) is 12.0 Å². The topological polar surface area (TPSA) is 46.3 Å². The van der Waals surface area contributed by atoms with Crippen molar-refractivity contribution in [1.29, 1.82) is 0 Å². The van der Waals surface area contributed by atoms with Crippen LogP contribution in [0.4, 0.5) is 0 Å². The van der Waals surface area contributed by atoms with E-state index < -0.39 is 0 Å². The molecule has 1 aromatic heterocycles. The van der Waals surface area contributed by atoms with Gasteiger partial charge in [0.25, 0.3) is 0 Å². The molecule has 4 nitrogen and oxygen atoms in total. The summed E-state index contributed by atoms with van der Waals surface area (Å²) in [5.41, 5.74) is 6.94. The molecule has 0 unspecified atom stereocenters. The first-order chi connectivity index (χ1) is 13.3. The molecule has 2 aliphatic carbocycles. The first kappa shape index (κ1) is 14.6. The minimum atomic E-state index is 0.0635. The van der Waals surface area contributed by atoms with Gasteiger partial charge in [-0.05, 0) is 55.0 Å². The van der Waals surface area contributed by atoms with Gasteiger partial charge < -0.3 is 19.8 Å². The SMILES string of the molecule is COc1ccc2c3c1O[C@H]1c4[nH]c5ccccc5c4C[C@H]4[C@@H](C2)NCC[C@]314. The second-order valence-electron chi connectivity index (χ2n) is 8.56. The van der Waals surface area contributed by atoms with Crippen LogP contribution >= 0.6 is 0 Å². The molecule has 136 valence electrons. The molecule has 1 spiro atoms. The molecule has 3 aromatic rings. The van der Waals surface area contributed by atoms with Gasteiger partial charge in [-0.25, -0.2) is 0 Å². The Bertz CT molecular complexity index is 1120. The van der Waals surface area contributed by atoms with Gasteiger partial charge in [0, 0.05) is 27.9 Å². The van der Waals surface area contributed by atoms with Crippen LogP contribution in [-0.4, -0.2) is 24.7 Å². The minimum Gasteiger partial charge on any atom is -0.493 e. The predicted molar refractivity (Wildman–Crippen MR) is 104 cm³/mol. The molecule has 4 heteroatoms. The van der Waals surface area contributed by atoms with E-state index in [1.54, 1.807) is 7.11 Å². The van der Waals surface area contributed by atoms with Gasteiger partial charge in [0.1, 0.15) is 6.10 Å². The second kappa shape index (κ2) is 4.68. The number of rotatable bonds is 1. The predicted octanol–water partition coefficient (Wildman–Crippen LogP) is 3.64. The average molecular weight is 358 g/mol. The molecule has 0 amide bonds. The molecular formula is C23H22N2O2. The minimum absolute atomic E-state index is 0.0635. The zero-order valence-corrected chi connectivity index (χ0v) is 15.3. The van der Waals surface area contributed by atoms with Crippen molar-refractivity contribution in [2.24, 2.45) is 5.92 Å². The smallest absolute Gasteiger partial charge is 0.166 e. The van der Waals surface area contributed by atoms with E-state index in [9.17, 15) is 0 Å². The highest BCUT2D eigenvalue weighted by Gasteiger charge is 2.64. The molecule has 4 atom stereocenters. The molecular weight excluding hydrogens is 336 g/mol.